The quantitative estimate of drug-likeness (QED) is 0.874. The van der Waals surface area contributed by atoms with Crippen LogP contribution >= 0.6 is 12.4 Å². The molecule has 0 aliphatic heterocycles. The van der Waals surface area contributed by atoms with E-state index in [1.54, 1.807) is 6.92 Å². The number of nitrogens with one attached hydrogen (secondary N) is 1. The van der Waals surface area contributed by atoms with E-state index in [4.69, 9.17) is 5.73 Å². The smallest absolute Gasteiger partial charge is 0.225 e. The third-order valence-corrected chi connectivity index (χ3v) is 3.30. The van der Waals surface area contributed by atoms with E-state index in [0.29, 0.717) is 12.5 Å². The number of hydrogen-bond donors (Lipinski definition) is 2. The summed E-state index contributed by atoms with van der Waals surface area (Å²) in [5.74, 6) is 0.643. The molecule has 1 fully saturated rings. The van der Waals surface area contributed by atoms with Gasteiger partial charge in [0.15, 0.2) is 5.82 Å². The number of anilines is 1. The molecule has 1 saturated carbocycles. The maximum atomic E-state index is 11.8. The summed E-state index contributed by atoms with van der Waals surface area (Å²) in [4.78, 5) is 11.8. The molecule has 8 heteroatoms. The number of nitrogens with zero attached hydrogens (tertiary/aromatic N) is 4. The molecule has 0 saturated heterocycles. The zero-order valence-electron chi connectivity index (χ0n) is 12.3. The Bertz CT molecular complexity index is 652. The number of hydrogen-bond acceptors (Lipinski definition) is 5. The molecule has 118 valence electrons. The van der Waals surface area contributed by atoms with Crippen LogP contribution in [0.5, 0.6) is 0 Å². The van der Waals surface area contributed by atoms with Gasteiger partial charge in [0.1, 0.15) is 0 Å². The Morgan fingerprint density at radius 3 is 2.95 bits per heavy atom. The molecule has 1 heterocycles. The van der Waals surface area contributed by atoms with E-state index in [9.17, 15) is 4.79 Å². The van der Waals surface area contributed by atoms with Crippen LogP contribution in [0.4, 0.5) is 5.69 Å². The summed E-state index contributed by atoms with van der Waals surface area (Å²) in [6, 6.07) is 7.79. The fourth-order valence-electron chi connectivity index (χ4n) is 2.19. The maximum Gasteiger partial charge on any atom is 0.225 e. The summed E-state index contributed by atoms with van der Waals surface area (Å²) >= 11 is 0. The van der Waals surface area contributed by atoms with Crippen LogP contribution in [0.3, 0.4) is 0 Å². The lowest BCUT2D eigenvalue weighted by Crippen LogP contribution is -2.23. The zero-order chi connectivity index (χ0) is 14.8. The van der Waals surface area contributed by atoms with E-state index in [1.807, 2.05) is 28.9 Å². The van der Waals surface area contributed by atoms with Crippen molar-refractivity contribution >= 4 is 24.0 Å². The molecule has 3 N–H and O–H groups in total. The molecule has 1 aromatic heterocycles. The maximum absolute atomic E-state index is 11.8. The van der Waals surface area contributed by atoms with Crippen LogP contribution in [0.15, 0.2) is 24.3 Å². The highest BCUT2D eigenvalue weighted by molar-refractivity contribution is 5.91. The molecule has 3 rings (SSSR count). The fourth-order valence-corrected chi connectivity index (χ4v) is 2.19. The molecule has 0 spiro atoms. The molecular formula is C14H19ClN6O. The van der Waals surface area contributed by atoms with Gasteiger partial charge in [-0.2, -0.15) is 0 Å². The van der Waals surface area contributed by atoms with Gasteiger partial charge in [0.25, 0.3) is 0 Å². The van der Waals surface area contributed by atoms with Crippen molar-refractivity contribution in [2.75, 3.05) is 5.32 Å². The average Bonchev–Trinajstić information content (AvgIpc) is 3.15. The Kier molecular flexibility index (Phi) is 5.10. The highest BCUT2D eigenvalue weighted by Crippen LogP contribution is 2.36. The lowest BCUT2D eigenvalue weighted by molar-refractivity contribution is -0.116. The van der Waals surface area contributed by atoms with Crippen molar-refractivity contribution in [2.45, 2.75) is 38.3 Å². The van der Waals surface area contributed by atoms with Gasteiger partial charge in [-0.15, -0.1) is 17.5 Å². The van der Waals surface area contributed by atoms with Crippen molar-refractivity contribution in [3.63, 3.8) is 0 Å². The Morgan fingerprint density at radius 2 is 2.27 bits per heavy atom. The summed E-state index contributed by atoms with van der Waals surface area (Å²) in [6.45, 7) is 1.81. The van der Waals surface area contributed by atoms with E-state index in [0.717, 1.165) is 29.9 Å². The van der Waals surface area contributed by atoms with Crippen LogP contribution in [0, 0.1) is 0 Å². The number of aromatic nitrogens is 4. The van der Waals surface area contributed by atoms with Crippen LogP contribution in [0.25, 0.3) is 11.4 Å². The second kappa shape index (κ2) is 6.85. The van der Waals surface area contributed by atoms with Gasteiger partial charge in [0, 0.05) is 23.7 Å². The molecule has 1 aromatic carbocycles. The van der Waals surface area contributed by atoms with Crippen molar-refractivity contribution in [1.29, 1.82) is 0 Å². The van der Waals surface area contributed by atoms with Crippen LogP contribution in [0.1, 0.15) is 32.2 Å². The highest BCUT2D eigenvalue weighted by Gasteiger charge is 2.28. The molecule has 1 unspecified atom stereocenters. The molecule has 1 amide bonds. The van der Waals surface area contributed by atoms with Crippen LogP contribution in [-0.4, -0.2) is 32.2 Å². The number of tetrazole rings is 1. The Hall–Kier alpha value is -1.99. The standard InChI is InChI=1S/C14H18N6O.ClH/c1-9(15)7-13(21)16-11-4-2-3-10(8-11)14-17-18-19-20(14)12-5-6-12;/h2-4,8-9,12H,5-7,15H2,1H3,(H,16,21);1H. The number of nitrogens with two attached hydrogens (primary N) is 1. The van der Waals surface area contributed by atoms with Gasteiger partial charge >= 0.3 is 0 Å². The normalized spacial score (nSPS) is 15.0. The molecule has 2 aromatic rings. The third-order valence-electron chi connectivity index (χ3n) is 3.30. The zero-order valence-corrected chi connectivity index (χ0v) is 13.1. The first kappa shape index (κ1) is 16.4. The summed E-state index contributed by atoms with van der Waals surface area (Å²) in [7, 11) is 0. The molecular weight excluding hydrogens is 304 g/mol. The molecule has 1 aliphatic rings. The van der Waals surface area contributed by atoms with Crippen molar-refractivity contribution in [3.05, 3.63) is 24.3 Å². The van der Waals surface area contributed by atoms with Crippen LogP contribution in [-0.2, 0) is 4.79 Å². The fraction of sp³-hybridized carbons (Fsp3) is 0.429. The lowest BCUT2D eigenvalue weighted by atomic mass is 10.1. The van der Waals surface area contributed by atoms with E-state index < -0.39 is 0 Å². The van der Waals surface area contributed by atoms with Gasteiger partial charge in [0.2, 0.25) is 5.91 Å². The number of amides is 1. The van der Waals surface area contributed by atoms with Gasteiger partial charge in [-0.1, -0.05) is 12.1 Å². The predicted octanol–water partition coefficient (Wildman–Crippen LogP) is 1.77. The van der Waals surface area contributed by atoms with Gasteiger partial charge in [-0.3, -0.25) is 4.79 Å². The first-order valence-corrected chi connectivity index (χ1v) is 7.07. The van der Waals surface area contributed by atoms with Crippen molar-refractivity contribution in [3.8, 4) is 11.4 Å². The minimum absolute atomic E-state index is 0. The first-order valence-electron chi connectivity index (χ1n) is 7.07. The summed E-state index contributed by atoms with van der Waals surface area (Å²) in [5, 5.41) is 14.7. The largest absolute Gasteiger partial charge is 0.327 e. The average molecular weight is 323 g/mol. The van der Waals surface area contributed by atoms with E-state index in [2.05, 4.69) is 20.8 Å². The Labute approximate surface area is 134 Å². The van der Waals surface area contributed by atoms with E-state index in [1.165, 1.54) is 0 Å². The van der Waals surface area contributed by atoms with Gasteiger partial charge in [-0.05, 0) is 42.3 Å². The second-order valence-corrected chi connectivity index (χ2v) is 5.49. The molecule has 7 nitrogen and oxygen atoms in total. The van der Waals surface area contributed by atoms with E-state index >= 15 is 0 Å². The first-order chi connectivity index (χ1) is 10.1. The number of carbonyl (C=O) groups excluding carboxylic acids is 1. The third kappa shape index (κ3) is 3.80. The number of carbonyl (C=O) groups is 1. The monoisotopic (exact) mass is 322 g/mol. The lowest BCUT2D eigenvalue weighted by Gasteiger charge is -2.09. The Balaban J connectivity index is 0.00000176. The van der Waals surface area contributed by atoms with E-state index in [-0.39, 0.29) is 24.4 Å². The molecule has 0 bridgehead atoms. The highest BCUT2D eigenvalue weighted by atomic mass is 35.5. The summed E-state index contributed by atoms with van der Waals surface area (Å²) < 4.78 is 1.85. The van der Waals surface area contributed by atoms with Crippen molar-refractivity contribution in [1.82, 2.24) is 20.2 Å². The molecule has 1 aliphatic carbocycles. The molecule has 1 atom stereocenters. The van der Waals surface area contributed by atoms with Crippen molar-refractivity contribution < 1.29 is 4.79 Å². The minimum atomic E-state index is -0.157. The topological polar surface area (TPSA) is 98.7 Å². The second-order valence-electron chi connectivity index (χ2n) is 5.49. The van der Waals surface area contributed by atoms with Gasteiger partial charge < -0.3 is 11.1 Å². The SMILES string of the molecule is CC(N)CC(=O)Nc1cccc(-c2nnnn2C2CC2)c1.Cl. The molecule has 0 radical (unpaired) electrons. The Morgan fingerprint density at radius 1 is 1.50 bits per heavy atom. The number of halogens is 1. The van der Waals surface area contributed by atoms with Gasteiger partial charge in [-0.25, -0.2) is 4.68 Å². The van der Waals surface area contributed by atoms with Crippen molar-refractivity contribution in [2.24, 2.45) is 5.73 Å². The minimum Gasteiger partial charge on any atom is -0.327 e. The summed E-state index contributed by atoms with van der Waals surface area (Å²) in [5.41, 5.74) is 7.24. The summed E-state index contributed by atoms with van der Waals surface area (Å²) in [6.07, 6.45) is 2.52. The number of benzene rings is 1. The predicted molar refractivity (Wildman–Crippen MR) is 85.7 cm³/mol. The van der Waals surface area contributed by atoms with Crippen LogP contribution in [0.2, 0.25) is 0 Å². The number of rotatable bonds is 5. The van der Waals surface area contributed by atoms with Crippen LogP contribution < -0.4 is 11.1 Å². The molecule has 22 heavy (non-hydrogen) atoms. The van der Waals surface area contributed by atoms with Gasteiger partial charge in [0.05, 0.1) is 6.04 Å².